The molecule has 0 bridgehead atoms. The fourth-order valence-corrected chi connectivity index (χ4v) is 1.96. The van der Waals surface area contributed by atoms with Gasteiger partial charge in [-0.25, -0.2) is 0 Å². The molecule has 0 saturated heterocycles. The summed E-state index contributed by atoms with van der Waals surface area (Å²) in [4.78, 5) is 8.46. The molecule has 0 unspecified atom stereocenters. The molecule has 0 saturated carbocycles. The minimum atomic E-state index is 0.374. The lowest BCUT2D eigenvalue weighted by Gasteiger charge is -2.00. The van der Waals surface area contributed by atoms with Crippen LogP contribution in [-0.2, 0) is 17.8 Å². The summed E-state index contributed by atoms with van der Waals surface area (Å²) < 4.78 is 15.3. The summed E-state index contributed by atoms with van der Waals surface area (Å²) in [5.41, 5.74) is 1.90. The Kier molecular flexibility index (Phi) is 3.74. The van der Waals surface area contributed by atoms with Crippen molar-refractivity contribution < 1.29 is 13.8 Å². The van der Waals surface area contributed by atoms with Gasteiger partial charge in [-0.15, -0.1) is 0 Å². The average Bonchev–Trinajstić information content (AvgIpc) is 3.10. The Bertz CT molecular complexity index is 735. The smallest absolute Gasteiger partial charge is 0.257 e. The second-order valence-electron chi connectivity index (χ2n) is 4.56. The van der Waals surface area contributed by atoms with Crippen molar-refractivity contribution >= 4 is 0 Å². The highest BCUT2D eigenvalue weighted by atomic mass is 16.5. The quantitative estimate of drug-likeness (QED) is 0.710. The summed E-state index contributed by atoms with van der Waals surface area (Å²) >= 11 is 0. The number of nitrogens with zero attached hydrogens (tertiary/aromatic N) is 4. The van der Waals surface area contributed by atoms with E-state index >= 15 is 0 Å². The molecule has 7 heteroatoms. The third-order valence-corrected chi connectivity index (χ3v) is 2.84. The van der Waals surface area contributed by atoms with E-state index in [1.807, 2.05) is 24.3 Å². The van der Waals surface area contributed by atoms with Crippen molar-refractivity contribution in [3.05, 3.63) is 47.4 Å². The number of hydrogen-bond donors (Lipinski definition) is 0. The van der Waals surface area contributed by atoms with Crippen LogP contribution < -0.4 is 0 Å². The molecule has 0 radical (unpaired) electrons. The maximum atomic E-state index is 5.27. The van der Waals surface area contributed by atoms with Gasteiger partial charge in [0.25, 0.3) is 5.89 Å². The summed E-state index contributed by atoms with van der Waals surface area (Å²) in [6.07, 6.45) is 0.374. The Morgan fingerprint density at radius 2 is 1.90 bits per heavy atom. The molecule has 7 nitrogen and oxygen atoms in total. The van der Waals surface area contributed by atoms with Gasteiger partial charge in [0.2, 0.25) is 5.89 Å². The first-order valence-corrected chi connectivity index (χ1v) is 6.44. The molecule has 1 aromatic carbocycles. The largest absolute Gasteiger partial charge is 0.380 e. The van der Waals surface area contributed by atoms with E-state index in [1.54, 1.807) is 14.0 Å². The lowest BCUT2D eigenvalue weighted by atomic mass is 10.1. The molecule has 108 valence electrons. The molecule has 0 aliphatic rings. The van der Waals surface area contributed by atoms with Crippen molar-refractivity contribution in [2.45, 2.75) is 20.0 Å². The molecule has 0 N–H and O–H groups in total. The van der Waals surface area contributed by atoms with Gasteiger partial charge >= 0.3 is 0 Å². The van der Waals surface area contributed by atoms with Gasteiger partial charge in [0.15, 0.2) is 11.6 Å². The summed E-state index contributed by atoms with van der Waals surface area (Å²) in [7, 11) is 1.66. The van der Waals surface area contributed by atoms with E-state index in [2.05, 4.69) is 20.3 Å². The zero-order chi connectivity index (χ0) is 14.7. The topological polar surface area (TPSA) is 87.1 Å². The van der Waals surface area contributed by atoms with Crippen LogP contribution in [0.25, 0.3) is 11.5 Å². The van der Waals surface area contributed by atoms with Gasteiger partial charge in [0, 0.05) is 19.6 Å². The predicted molar refractivity (Wildman–Crippen MR) is 72.3 cm³/mol. The van der Waals surface area contributed by atoms with E-state index in [-0.39, 0.29) is 0 Å². The van der Waals surface area contributed by atoms with Crippen LogP contribution in [0.4, 0.5) is 0 Å². The highest BCUT2D eigenvalue weighted by Crippen LogP contribution is 2.19. The minimum Gasteiger partial charge on any atom is -0.380 e. The molecule has 0 atom stereocenters. The lowest BCUT2D eigenvalue weighted by molar-refractivity contribution is 0.185. The van der Waals surface area contributed by atoms with E-state index in [4.69, 9.17) is 13.8 Å². The van der Waals surface area contributed by atoms with Crippen molar-refractivity contribution in [3.8, 4) is 11.5 Å². The Labute approximate surface area is 120 Å². The van der Waals surface area contributed by atoms with Crippen molar-refractivity contribution in [1.82, 2.24) is 20.3 Å². The molecular weight excluding hydrogens is 272 g/mol. The van der Waals surface area contributed by atoms with Crippen LogP contribution in [0.1, 0.15) is 23.1 Å². The van der Waals surface area contributed by atoms with Crippen molar-refractivity contribution in [1.29, 1.82) is 0 Å². The first kappa shape index (κ1) is 13.4. The molecule has 0 aliphatic heterocycles. The fraction of sp³-hybridized carbons (Fsp3) is 0.286. The third kappa shape index (κ3) is 3.14. The molecule has 21 heavy (non-hydrogen) atoms. The zero-order valence-electron chi connectivity index (χ0n) is 11.7. The molecule has 2 heterocycles. The van der Waals surface area contributed by atoms with Gasteiger partial charge < -0.3 is 13.8 Å². The SMILES string of the molecule is COCc1cccc(-c2nc(Cc3noc(C)n3)no2)c1. The van der Waals surface area contributed by atoms with E-state index in [1.165, 1.54) is 0 Å². The molecule has 3 rings (SSSR count). The van der Waals surface area contributed by atoms with E-state index in [9.17, 15) is 0 Å². The zero-order valence-corrected chi connectivity index (χ0v) is 11.7. The van der Waals surface area contributed by atoms with E-state index < -0.39 is 0 Å². The highest BCUT2D eigenvalue weighted by Gasteiger charge is 2.12. The summed E-state index contributed by atoms with van der Waals surface area (Å²) in [5.74, 6) is 2.03. The maximum Gasteiger partial charge on any atom is 0.257 e. The highest BCUT2D eigenvalue weighted by molar-refractivity contribution is 5.53. The second kappa shape index (κ2) is 5.84. The van der Waals surface area contributed by atoms with E-state index in [0.29, 0.717) is 36.5 Å². The number of methoxy groups -OCH3 is 1. The van der Waals surface area contributed by atoms with Crippen LogP contribution in [0.3, 0.4) is 0 Å². The van der Waals surface area contributed by atoms with Crippen LogP contribution >= 0.6 is 0 Å². The number of benzene rings is 1. The summed E-state index contributed by atoms with van der Waals surface area (Å²) in [6, 6.07) is 7.77. The van der Waals surface area contributed by atoms with Gasteiger partial charge in [-0.2, -0.15) is 9.97 Å². The Morgan fingerprint density at radius 3 is 2.67 bits per heavy atom. The number of ether oxygens (including phenoxy) is 1. The number of aryl methyl sites for hydroxylation is 1. The minimum absolute atomic E-state index is 0.374. The Morgan fingerprint density at radius 1 is 1.10 bits per heavy atom. The fourth-order valence-electron chi connectivity index (χ4n) is 1.96. The van der Waals surface area contributed by atoms with Gasteiger partial charge in [0.1, 0.15) is 0 Å². The molecule has 0 fully saturated rings. The second-order valence-corrected chi connectivity index (χ2v) is 4.56. The van der Waals surface area contributed by atoms with Crippen LogP contribution in [0.5, 0.6) is 0 Å². The lowest BCUT2D eigenvalue weighted by Crippen LogP contribution is -1.93. The third-order valence-electron chi connectivity index (χ3n) is 2.84. The average molecular weight is 286 g/mol. The molecular formula is C14H14N4O3. The van der Waals surface area contributed by atoms with Crippen LogP contribution in [-0.4, -0.2) is 27.4 Å². The Balaban J connectivity index is 1.79. The monoisotopic (exact) mass is 286 g/mol. The molecule has 0 aliphatic carbocycles. The molecule has 0 spiro atoms. The maximum absolute atomic E-state index is 5.27. The number of hydrogen-bond acceptors (Lipinski definition) is 7. The van der Waals surface area contributed by atoms with E-state index in [0.717, 1.165) is 11.1 Å². The summed E-state index contributed by atoms with van der Waals surface area (Å²) in [6.45, 7) is 2.27. The molecule has 3 aromatic rings. The Hall–Kier alpha value is -2.54. The van der Waals surface area contributed by atoms with Gasteiger partial charge in [-0.05, 0) is 17.7 Å². The van der Waals surface area contributed by atoms with Gasteiger partial charge in [-0.3, -0.25) is 0 Å². The van der Waals surface area contributed by atoms with Crippen LogP contribution in [0.2, 0.25) is 0 Å². The van der Waals surface area contributed by atoms with Crippen molar-refractivity contribution in [3.63, 3.8) is 0 Å². The van der Waals surface area contributed by atoms with Crippen molar-refractivity contribution in [2.24, 2.45) is 0 Å². The predicted octanol–water partition coefficient (Wildman–Crippen LogP) is 2.17. The number of aromatic nitrogens is 4. The van der Waals surface area contributed by atoms with Crippen molar-refractivity contribution in [2.75, 3.05) is 7.11 Å². The first-order chi connectivity index (χ1) is 10.2. The van der Waals surface area contributed by atoms with Gasteiger partial charge in [0.05, 0.1) is 13.0 Å². The first-order valence-electron chi connectivity index (χ1n) is 6.44. The standard InChI is InChI=1S/C14H14N4O3/c1-9-15-12(17-20-9)7-13-16-14(21-18-13)11-5-3-4-10(6-11)8-19-2/h3-6H,7-8H2,1-2H3. The van der Waals surface area contributed by atoms with Gasteiger partial charge in [-0.1, -0.05) is 22.4 Å². The van der Waals surface area contributed by atoms with Crippen LogP contribution in [0, 0.1) is 6.92 Å². The molecule has 0 amide bonds. The summed E-state index contributed by atoms with van der Waals surface area (Å²) in [5, 5.41) is 7.74. The normalized spacial score (nSPS) is 11.0. The molecule has 2 aromatic heterocycles. The van der Waals surface area contributed by atoms with Crippen LogP contribution in [0.15, 0.2) is 33.3 Å². The number of rotatable bonds is 5.